The third-order valence-corrected chi connectivity index (χ3v) is 4.85. The van der Waals surface area contributed by atoms with Crippen LogP contribution in [0.25, 0.3) is 0 Å². The molecule has 4 nitrogen and oxygen atoms in total. The molecule has 2 fully saturated rings. The first kappa shape index (κ1) is 15.8. The van der Waals surface area contributed by atoms with E-state index in [1.807, 2.05) is 0 Å². The zero-order valence-electron chi connectivity index (χ0n) is 13.1. The fraction of sp³-hybridized carbons (Fsp3) is 0.938. The highest BCUT2D eigenvalue weighted by Crippen LogP contribution is 2.37. The minimum Gasteiger partial charge on any atom is -0.393 e. The lowest BCUT2D eigenvalue weighted by molar-refractivity contribution is -0.122. The highest BCUT2D eigenvalue weighted by Gasteiger charge is 2.42. The Morgan fingerprint density at radius 2 is 2.00 bits per heavy atom. The van der Waals surface area contributed by atoms with Gasteiger partial charge in [0.1, 0.15) is 0 Å². The quantitative estimate of drug-likeness (QED) is 0.778. The fourth-order valence-corrected chi connectivity index (χ4v) is 3.64. The van der Waals surface area contributed by atoms with Crippen molar-refractivity contribution in [2.75, 3.05) is 19.6 Å². The summed E-state index contributed by atoms with van der Waals surface area (Å²) in [6, 6.07) is 0.262. The van der Waals surface area contributed by atoms with Crippen molar-refractivity contribution in [2.24, 2.45) is 17.8 Å². The van der Waals surface area contributed by atoms with E-state index in [1.54, 1.807) is 0 Å². The summed E-state index contributed by atoms with van der Waals surface area (Å²) < 4.78 is 0. The number of carbonyl (C=O) groups excluding carboxylic acids is 1. The number of likely N-dealkylation sites (tertiary alicyclic amines) is 1. The van der Waals surface area contributed by atoms with E-state index in [1.165, 1.54) is 0 Å². The third kappa shape index (κ3) is 4.19. The van der Waals surface area contributed by atoms with E-state index in [9.17, 15) is 9.90 Å². The van der Waals surface area contributed by atoms with Crippen LogP contribution in [0.4, 0.5) is 0 Å². The number of carbonyl (C=O) groups is 1. The fourth-order valence-electron chi connectivity index (χ4n) is 3.64. The van der Waals surface area contributed by atoms with E-state index in [4.69, 9.17) is 0 Å². The SMILES string of the molecule is CC(C)CCC(C)NC(=O)CN1CC2CCC(O)C2C1. The zero-order chi connectivity index (χ0) is 14.7. The summed E-state index contributed by atoms with van der Waals surface area (Å²) >= 11 is 0. The van der Waals surface area contributed by atoms with Gasteiger partial charge in [0.25, 0.3) is 0 Å². The van der Waals surface area contributed by atoms with Crippen molar-refractivity contribution in [3.63, 3.8) is 0 Å². The van der Waals surface area contributed by atoms with Crippen molar-refractivity contribution in [3.8, 4) is 0 Å². The van der Waals surface area contributed by atoms with E-state index in [0.29, 0.717) is 24.3 Å². The molecular formula is C16H30N2O2. The number of aliphatic hydroxyl groups excluding tert-OH is 1. The molecular weight excluding hydrogens is 252 g/mol. The molecule has 0 bridgehead atoms. The summed E-state index contributed by atoms with van der Waals surface area (Å²) in [6.07, 6.45) is 4.13. The molecule has 20 heavy (non-hydrogen) atoms. The maximum absolute atomic E-state index is 12.0. The molecule has 0 spiro atoms. The number of hydrogen-bond donors (Lipinski definition) is 2. The number of fused-ring (bicyclic) bond motifs is 1. The first-order valence-corrected chi connectivity index (χ1v) is 8.15. The lowest BCUT2D eigenvalue weighted by Crippen LogP contribution is -2.41. The monoisotopic (exact) mass is 282 g/mol. The Morgan fingerprint density at radius 1 is 1.25 bits per heavy atom. The molecule has 1 saturated carbocycles. The Labute approximate surface area is 122 Å². The molecule has 2 N–H and O–H groups in total. The van der Waals surface area contributed by atoms with Gasteiger partial charge in [-0.1, -0.05) is 13.8 Å². The second kappa shape index (κ2) is 6.90. The van der Waals surface area contributed by atoms with Gasteiger partial charge in [-0.2, -0.15) is 0 Å². The average Bonchev–Trinajstić information content (AvgIpc) is 2.89. The van der Waals surface area contributed by atoms with Gasteiger partial charge < -0.3 is 10.4 Å². The maximum atomic E-state index is 12.0. The van der Waals surface area contributed by atoms with Crippen molar-refractivity contribution in [1.82, 2.24) is 10.2 Å². The molecule has 2 rings (SSSR count). The number of amides is 1. The van der Waals surface area contributed by atoms with Crippen LogP contribution in [0.5, 0.6) is 0 Å². The summed E-state index contributed by atoms with van der Waals surface area (Å²) in [5.74, 6) is 1.84. The van der Waals surface area contributed by atoms with Gasteiger partial charge in [-0.25, -0.2) is 0 Å². The molecule has 1 aliphatic carbocycles. The van der Waals surface area contributed by atoms with Gasteiger partial charge in [0.2, 0.25) is 5.91 Å². The summed E-state index contributed by atoms with van der Waals surface area (Å²) in [5, 5.41) is 13.0. The minimum absolute atomic E-state index is 0.135. The van der Waals surface area contributed by atoms with Crippen molar-refractivity contribution in [2.45, 2.75) is 58.6 Å². The summed E-state index contributed by atoms with van der Waals surface area (Å²) in [6.45, 7) is 8.87. The Balaban J connectivity index is 1.68. The summed E-state index contributed by atoms with van der Waals surface area (Å²) in [7, 11) is 0. The molecule has 1 heterocycles. The third-order valence-electron chi connectivity index (χ3n) is 4.85. The van der Waals surface area contributed by atoms with Crippen LogP contribution in [-0.2, 0) is 4.79 Å². The molecule has 0 aromatic carbocycles. The van der Waals surface area contributed by atoms with Crippen LogP contribution in [0.2, 0.25) is 0 Å². The average molecular weight is 282 g/mol. The van der Waals surface area contributed by atoms with E-state index in [0.717, 1.165) is 38.8 Å². The maximum Gasteiger partial charge on any atom is 0.234 e. The molecule has 0 aromatic rings. The molecule has 0 radical (unpaired) electrons. The topological polar surface area (TPSA) is 52.6 Å². The van der Waals surface area contributed by atoms with Crippen molar-refractivity contribution < 1.29 is 9.90 Å². The highest BCUT2D eigenvalue weighted by atomic mass is 16.3. The second-order valence-electron chi connectivity index (χ2n) is 7.20. The predicted molar refractivity (Wildman–Crippen MR) is 80.3 cm³/mol. The van der Waals surface area contributed by atoms with Gasteiger partial charge in [0, 0.05) is 25.0 Å². The first-order chi connectivity index (χ1) is 9.45. The first-order valence-electron chi connectivity index (χ1n) is 8.15. The number of hydrogen-bond acceptors (Lipinski definition) is 3. The molecule has 116 valence electrons. The van der Waals surface area contributed by atoms with E-state index in [2.05, 4.69) is 31.0 Å². The van der Waals surface area contributed by atoms with Crippen LogP contribution < -0.4 is 5.32 Å². The largest absolute Gasteiger partial charge is 0.393 e. The molecule has 2 aliphatic rings. The van der Waals surface area contributed by atoms with Gasteiger partial charge in [-0.05, 0) is 44.4 Å². The lowest BCUT2D eigenvalue weighted by Gasteiger charge is -2.20. The number of aliphatic hydroxyl groups is 1. The Hall–Kier alpha value is -0.610. The van der Waals surface area contributed by atoms with Crippen LogP contribution in [0.15, 0.2) is 0 Å². The number of nitrogens with zero attached hydrogens (tertiary/aromatic N) is 1. The van der Waals surface area contributed by atoms with Gasteiger partial charge >= 0.3 is 0 Å². The van der Waals surface area contributed by atoms with Crippen molar-refractivity contribution >= 4 is 5.91 Å². The molecule has 1 aliphatic heterocycles. The summed E-state index contributed by atoms with van der Waals surface area (Å²) in [5.41, 5.74) is 0. The van der Waals surface area contributed by atoms with Gasteiger partial charge in [-0.3, -0.25) is 9.69 Å². The molecule has 1 saturated heterocycles. The smallest absolute Gasteiger partial charge is 0.234 e. The lowest BCUT2D eigenvalue weighted by atomic mass is 10.00. The van der Waals surface area contributed by atoms with Crippen LogP contribution in [-0.4, -0.2) is 47.7 Å². The van der Waals surface area contributed by atoms with Gasteiger partial charge in [-0.15, -0.1) is 0 Å². The molecule has 0 aromatic heterocycles. The van der Waals surface area contributed by atoms with E-state index >= 15 is 0 Å². The predicted octanol–water partition coefficient (Wildman–Crippen LogP) is 1.63. The Kier molecular flexibility index (Phi) is 5.44. The summed E-state index contributed by atoms with van der Waals surface area (Å²) in [4.78, 5) is 14.3. The highest BCUT2D eigenvalue weighted by molar-refractivity contribution is 5.78. The van der Waals surface area contributed by atoms with Crippen LogP contribution in [0.3, 0.4) is 0 Å². The van der Waals surface area contributed by atoms with Crippen LogP contribution >= 0.6 is 0 Å². The standard InChI is InChI=1S/C16H30N2O2/c1-11(2)4-5-12(3)17-16(20)10-18-8-13-6-7-15(19)14(13)9-18/h11-15,19H,4-10H2,1-3H3,(H,17,20). The zero-order valence-corrected chi connectivity index (χ0v) is 13.1. The molecule has 1 amide bonds. The Bertz CT molecular complexity index is 332. The minimum atomic E-state index is -0.141. The van der Waals surface area contributed by atoms with Crippen LogP contribution in [0, 0.1) is 17.8 Å². The van der Waals surface area contributed by atoms with Gasteiger partial charge in [0.15, 0.2) is 0 Å². The molecule has 4 unspecified atom stereocenters. The van der Waals surface area contributed by atoms with Crippen molar-refractivity contribution in [3.05, 3.63) is 0 Å². The normalized spacial score (nSPS) is 31.6. The van der Waals surface area contributed by atoms with Crippen molar-refractivity contribution in [1.29, 1.82) is 0 Å². The van der Waals surface area contributed by atoms with E-state index < -0.39 is 0 Å². The van der Waals surface area contributed by atoms with E-state index in [-0.39, 0.29) is 18.1 Å². The second-order valence-corrected chi connectivity index (χ2v) is 7.20. The number of nitrogens with one attached hydrogen (secondary N) is 1. The van der Waals surface area contributed by atoms with Crippen LogP contribution in [0.1, 0.15) is 46.5 Å². The molecule has 4 atom stereocenters. The number of rotatable bonds is 6. The Morgan fingerprint density at radius 3 is 2.65 bits per heavy atom. The molecule has 4 heteroatoms. The van der Waals surface area contributed by atoms with Gasteiger partial charge in [0.05, 0.1) is 12.6 Å².